The molecule has 1 aromatic heterocycles. The second-order valence-corrected chi connectivity index (χ2v) is 11.4. The first kappa shape index (κ1) is 23.7. The Morgan fingerprint density at radius 3 is 2.50 bits per heavy atom. The smallest absolute Gasteiger partial charge is 0.273 e. The molecule has 3 N–H and O–H groups in total. The van der Waals surface area contributed by atoms with Gasteiger partial charge >= 0.3 is 0 Å². The number of nitrogens with one attached hydrogen (secondary N) is 1. The lowest BCUT2D eigenvalue weighted by Gasteiger charge is -2.42. The van der Waals surface area contributed by atoms with Crippen LogP contribution in [0.1, 0.15) is 48.3 Å². The lowest BCUT2D eigenvalue weighted by atomic mass is 9.88. The zero-order chi connectivity index (χ0) is 24.4. The van der Waals surface area contributed by atoms with Crippen molar-refractivity contribution in [2.24, 2.45) is 0 Å². The van der Waals surface area contributed by atoms with Crippen molar-refractivity contribution in [2.45, 2.75) is 67.6 Å². The van der Waals surface area contributed by atoms with Crippen molar-refractivity contribution < 1.29 is 32.2 Å². The summed E-state index contributed by atoms with van der Waals surface area (Å²) in [4.78, 5) is 13.0. The zero-order valence-corrected chi connectivity index (χ0v) is 19.7. The molecule has 0 aliphatic carbocycles. The maximum absolute atomic E-state index is 13.9. The average Bonchev–Trinajstić information content (AvgIpc) is 3.42. The molecule has 0 saturated carbocycles. The standard InChI is InChI=1S/C22H24ClF2N3O5S/c23-18-19(21(30)26-12-3-6-15(24)16(25)8-12)27-7-1-2-17(27)20(18)34(32,33)28-13-4-5-14(28)10-22(31,9-13)11-29/h3,6,8,13-14,29,31H,1-2,4-5,7,9-11H2,(H,26,30). The maximum atomic E-state index is 13.9. The highest BCUT2D eigenvalue weighted by atomic mass is 35.5. The van der Waals surface area contributed by atoms with E-state index in [1.165, 1.54) is 10.4 Å². The average molecular weight is 516 g/mol. The molecule has 2 saturated heterocycles. The number of aliphatic hydroxyl groups excluding tert-OH is 1. The molecular formula is C22H24ClF2N3O5S. The molecule has 1 aromatic carbocycles. The molecule has 184 valence electrons. The van der Waals surface area contributed by atoms with E-state index in [0.29, 0.717) is 37.9 Å². The number of rotatable bonds is 5. The summed E-state index contributed by atoms with van der Waals surface area (Å²) in [6, 6.07) is 1.95. The predicted octanol–water partition coefficient (Wildman–Crippen LogP) is 2.66. The molecule has 1 amide bonds. The molecule has 2 fully saturated rings. The first-order valence-electron chi connectivity index (χ1n) is 11.1. The number of anilines is 1. The molecule has 0 radical (unpaired) electrons. The van der Waals surface area contributed by atoms with Crippen LogP contribution in [0.2, 0.25) is 5.02 Å². The Labute approximate surface area is 200 Å². The van der Waals surface area contributed by atoms with Gasteiger partial charge in [-0.05, 0) is 50.7 Å². The van der Waals surface area contributed by atoms with E-state index < -0.39 is 51.9 Å². The lowest BCUT2D eigenvalue weighted by Crippen LogP contribution is -2.54. The fourth-order valence-electron chi connectivity index (χ4n) is 5.67. The summed E-state index contributed by atoms with van der Waals surface area (Å²) in [7, 11) is -4.11. The van der Waals surface area contributed by atoms with Crippen LogP contribution in [0.5, 0.6) is 0 Å². The first-order valence-corrected chi connectivity index (χ1v) is 12.9. The predicted molar refractivity (Wildman–Crippen MR) is 119 cm³/mol. The number of carbonyl (C=O) groups excluding carboxylic acids is 1. The van der Waals surface area contributed by atoms with Gasteiger partial charge in [0.05, 0.1) is 17.2 Å². The third kappa shape index (κ3) is 3.65. The molecule has 2 aromatic rings. The minimum Gasteiger partial charge on any atom is -0.393 e. The largest absolute Gasteiger partial charge is 0.393 e. The van der Waals surface area contributed by atoms with Gasteiger partial charge in [-0.1, -0.05) is 11.6 Å². The van der Waals surface area contributed by atoms with Gasteiger partial charge < -0.3 is 20.1 Å². The van der Waals surface area contributed by atoms with E-state index in [9.17, 15) is 32.2 Å². The van der Waals surface area contributed by atoms with Gasteiger partial charge in [0.15, 0.2) is 11.6 Å². The van der Waals surface area contributed by atoms with Crippen molar-refractivity contribution in [1.29, 1.82) is 0 Å². The van der Waals surface area contributed by atoms with Gasteiger partial charge in [-0.2, -0.15) is 4.31 Å². The topological polar surface area (TPSA) is 112 Å². The van der Waals surface area contributed by atoms with E-state index in [4.69, 9.17) is 11.6 Å². The molecule has 8 nitrogen and oxygen atoms in total. The summed E-state index contributed by atoms with van der Waals surface area (Å²) in [5.41, 5.74) is -0.924. The Balaban J connectivity index is 1.52. The summed E-state index contributed by atoms with van der Waals surface area (Å²) in [5.74, 6) is -2.91. The number of nitrogens with zero attached hydrogens (tertiary/aromatic N) is 2. The summed E-state index contributed by atoms with van der Waals surface area (Å²) >= 11 is 6.56. The highest BCUT2D eigenvalue weighted by molar-refractivity contribution is 7.89. The molecule has 3 aliphatic rings. The molecule has 2 unspecified atom stereocenters. The number of sulfonamides is 1. The van der Waals surface area contributed by atoms with E-state index in [1.54, 1.807) is 4.57 Å². The molecule has 2 atom stereocenters. The summed E-state index contributed by atoms with van der Waals surface area (Å²) < 4.78 is 57.5. The second-order valence-electron chi connectivity index (χ2n) is 9.29. The number of piperidine rings is 1. The second kappa shape index (κ2) is 8.27. The van der Waals surface area contributed by atoms with Crippen LogP contribution < -0.4 is 5.32 Å². The number of aromatic nitrogens is 1. The minimum atomic E-state index is -4.11. The number of amides is 1. The zero-order valence-electron chi connectivity index (χ0n) is 18.1. The number of hydrogen-bond acceptors (Lipinski definition) is 5. The van der Waals surface area contributed by atoms with Crippen molar-refractivity contribution in [3.05, 3.63) is 46.2 Å². The first-order chi connectivity index (χ1) is 16.1. The lowest BCUT2D eigenvalue weighted by molar-refractivity contribution is -0.0663. The Morgan fingerprint density at radius 1 is 1.21 bits per heavy atom. The summed E-state index contributed by atoms with van der Waals surface area (Å²) in [6.07, 6.45) is 2.40. The molecule has 4 heterocycles. The molecule has 3 aliphatic heterocycles. The van der Waals surface area contributed by atoms with Gasteiger partial charge in [-0.3, -0.25) is 4.79 Å². The third-order valence-electron chi connectivity index (χ3n) is 7.07. The van der Waals surface area contributed by atoms with Gasteiger partial charge in [0.2, 0.25) is 10.0 Å². The quantitative estimate of drug-likeness (QED) is 0.567. The highest BCUT2D eigenvalue weighted by Crippen LogP contribution is 2.46. The Kier molecular flexibility index (Phi) is 5.76. The monoisotopic (exact) mass is 515 g/mol. The number of aliphatic hydroxyl groups is 2. The van der Waals surface area contributed by atoms with Gasteiger partial charge in [-0.15, -0.1) is 0 Å². The molecular weight excluding hydrogens is 492 g/mol. The van der Waals surface area contributed by atoms with E-state index in [1.807, 2.05) is 0 Å². The normalized spacial score (nSPS) is 26.6. The molecule has 2 bridgehead atoms. The highest BCUT2D eigenvalue weighted by Gasteiger charge is 2.53. The van der Waals surface area contributed by atoms with Crippen LogP contribution >= 0.6 is 11.6 Å². The van der Waals surface area contributed by atoms with Crippen LogP contribution in [0, 0.1) is 11.6 Å². The van der Waals surface area contributed by atoms with Crippen molar-refractivity contribution in [3.63, 3.8) is 0 Å². The van der Waals surface area contributed by atoms with E-state index in [0.717, 1.165) is 12.1 Å². The van der Waals surface area contributed by atoms with Crippen molar-refractivity contribution in [1.82, 2.24) is 8.87 Å². The van der Waals surface area contributed by atoms with Crippen molar-refractivity contribution in [2.75, 3.05) is 11.9 Å². The molecule has 12 heteroatoms. The van der Waals surface area contributed by atoms with Gasteiger partial charge in [-0.25, -0.2) is 17.2 Å². The Hall–Kier alpha value is -2.05. The van der Waals surface area contributed by atoms with E-state index in [-0.39, 0.29) is 34.1 Å². The fraction of sp³-hybridized carbons (Fsp3) is 0.500. The van der Waals surface area contributed by atoms with E-state index >= 15 is 0 Å². The summed E-state index contributed by atoms with van der Waals surface area (Å²) in [6.45, 7) is -0.0488. The van der Waals surface area contributed by atoms with Crippen LogP contribution in [-0.2, 0) is 23.0 Å². The number of hydrogen-bond donors (Lipinski definition) is 3. The van der Waals surface area contributed by atoms with Gasteiger partial charge in [0.25, 0.3) is 5.91 Å². The van der Waals surface area contributed by atoms with Gasteiger partial charge in [0, 0.05) is 36.1 Å². The molecule has 34 heavy (non-hydrogen) atoms. The molecule has 5 rings (SSSR count). The van der Waals surface area contributed by atoms with Crippen LogP contribution in [0.4, 0.5) is 14.5 Å². The third-order valence-corrected chi connectivity index (χ3v) is 9.65. The SMILES string of the molecule is O=C(Nc1ccc(F)c(F)c1)c1c(Cl)c(S(=O)(=O)N2C3CCC2CC(O)(CO)C3)c2n1CCC2. The van der Waals surface area contributed by atoms with Gasteiger partial charge in [0.1, 0.15) is 10.6 Å². The van der Waals surface area contributed by atoms with Crippen LogP contribution in [0.3, 0.4) is 0 Å². The number of fused-ring (bicyclic) bond motifs is 3. The van der Waals surface area contributed by atoms with Crippen molar-refractivity contribution in [3.8, 4) is 0 Å². The van der Waals surface area contributed by atoms with E-state index in [2.05, 4.69) is 5.32 Å². The number of halogens is 3. The number of benzene rings is 1. The van der Waals surface area contributed by atoms with Crippen LogP contribution in [0.25, 0.3) is 0 Å². The summed E-state index contributed by atoms with van der Waals surface area (Å²) in [5, 5.41) is 22.4. The fourth-order valence-corrected chi connectivity index (χ4v) is 8.45. The van der Waals surface area contributed by atoms with Crippen LogP contribution in [0.15, 0.2) is 23.1 Å². The van der Waals surface area contributed by atoms with Crippen LogP contribution in [-0.4, -0.2) is 57.7 Å². The molecule has 0 spiro atoms. The number of carbonyl (C=O) groups is 1. The maximum Gasteiger partial charge on any atom is 0.273 e. The Bertz CT molecular complexity index is 1270. The van der Waals surface area contributed by atoms with Crippen molar-refractivity contribution >= 4 is 33.2 Å². The Morgan fingerprint density at radius 2 is 1.88 bits per heavy atom. The minimum absolute atomic E-state index is 0.00952.